The summed E-state index contributed by atoms with van der Waals surface area (Å²) in [7, 11) is 0. The second kappa shape index (κ2) is 5.80. The van der Waals surface area contributed by atoms with Gasteiger partial charge >= 0.3 is 5.97 Å². The number of carbonyl (C=O) groups is 1. The van der Waals surface area contributed by atoms with Gasteiger partial charge in [0.15, 0.2) is 0 Å². The largest absolute Gasteiger partial charge is 0.481 e. The average molecular weight is 243 g/mol. The fourth-order valence-electron chi connectivity index (χ4n) is 2.66. The Labute approximate surface area is 102 Å². The first-order valence-electron chi connectivity index (χ1n) is 6.32. The average Bonchev–Trinajstić information content (AvgIpc) is 2.81. The molecule has 2 fully saturated rings. The predicted octanol–water partition coefficient (Wildman–Crippen LogP) is 0.587. The lowest BCUT2D eigenvalue weighted by Gasteiger charge is -2.38. The van der Waals surface area contributed by atoms with Gasteiger partial charge < -0.3 is 14.6 Å². The van der Waals surface area contributed by atoms with Crippen LogP contribution in [0.1, 0.15) is 19.8 Å². The van der Waals surface area contributed by atoms with Crippen molar-refractivity contribution in [3.63, 3.8) is 0 Å². The standard InChI is InChI=1S/C12H21NO4/c1-9(10-2-4-16-8-10)13-3-5-17-11(7-13)6-12(14)15/h9-11H,2-8H2,1H3,(H,14,15). The molecule has 0 aromatic rings. The van der Waals surface area contributed by atoms with Gasteiger partial charge in [0.1, 0.15) is 0 Å². The van der Waals surface area contributed by atoms with Crippen LogP contribution >= 0.6 is 0 Å². The van der Waals surface area contributed by atoms with Crippen LogP contribution in [0, 0.1) is 5.92 Å². The molecule has 0 saturated carbocycles. The highest BCUT2D eigenvalue weighted by molar-refractivity contribution is 5.67. The van der Waals surface area contributed by atoms with Gasteiger partial charge in [-0.2, -0.15) is 0 Å². The number of hydrogen-bond acceptors (Lipinski definition) is 4. The topological polar surface area (TPSA) is 59.0 Å². The maximum Gasteiger partial charge on any atom is 0.306 e. The predicted molar refractivity (Wildman–Crippen MR) is 62.0 cm³/mol. The normalized spacial score (nSPS) is 32.5. The zero-order valence-electron chi connectivity index (χ0n) is 10.3. The van der Waals surface area contributed by atoms with Gasteiger partial charge in [-0.25, -0.2) is 0 Å². The van der Waals surface area contributed by atoms with Crippen molar-refractivity contribution >= 4 is 5.97 Å². The molecule has 5 nitrogen and oxygen atoms in total. The van der Waals surface area contributed by atoms with E-state index in [1.54, 1.807) is 0 Å². The van der Waals surface area contributed by atoms with E-state index in [9.17, 15) is 4.79 Å². The van der Waals surface area contributed by atoms with Gasteiger partial charge in [0.05, 0.1) is 25.7 Å². The first kappa shape index (κ1) is 12.8. The summed E-state index contributed by atoms with van der Waals surface area (Å²) in [5.74, 6) is -0.202. The molecule has 2 heterocycles. The molecular weight excluding hydrogens is 222 g/mol. The maximum atomic E-state index is 10.7. The van der Waals surface area contributed by atoms with Crippen molar-refractivity contribution in [1.29, 1.82) is 0 Å². The second-order valence-corrected chi connectivity index (χ2v) is 4.95. The Kier molecular flexibility index (Phi) is 4.36. The summed E-state index contributed by atoms with van der Waals surface area (Å²) in [6.45, 7) is 6.16. The third kappa shape index (κ3) is 3.40. The Morgan fingerprint density at radius 3 is 3.00 bits per heavy atom. The lowest BCUT2D eigenvalue weighted by molar-refractivity contribution is -0.142. The highest BCUT2D eigenvalue weighted by Crippen LogP contribution is 2.23. The molecule has 3 unspecified atom stereocenters. The van der Waals surface area contributed by atoms with E-state index in [0.717, 1.165) is 32.7 Å². The summed E-state index contributed by atoms with van der Waals surface area (Å²) < 4.78 is 10.9. The minimum absolute atomic E-state index is 0.102. The van der Waals surface area contributed by atoms with Crippen molar-refractivity contribution in [2.24, 2.45) is 5.92 Å². The van der Waals surface area contributed by atoms with E-state index in [-0.39, 0.29) is 12.5 Å². The molecule has 0 aliphatic carbocycles. The van der Waals surface area contributed by atoms with Crippen LogP contribution in [0.5, 0.6) is 0 Å². The monoisotopic (exact) mass is 243 g/mol. The van der Waals surface area contributed by atoms with Gasteiger partial charge in [-0.1, -0.05) is 0 Å². The molecule has 2 rings (SSSR count). The van der Waals surface area contributed by atoms with Gasteiger partial charge in [0, 0.05) is 25.7 Å². The van der Waals surface area contributed by atoms with Gasteiger partial charge in [0.2, 0.25) is 0 Å². The van der Waals surface area contributed by atoms with E-state index in [1.165, 1.54) is 0 Å². The van der Waals surface area contributed by atoms with Gasteiger partial charge in [-0.15, -0.1) is 0 Å². The number of hydrogen-bond donors (Lipinski definition) is 1. The molecule has 0 aromatic carbocycles. The van der Waals surface area contributed by atoms with Crippen LogP contribution in [-0.2, 0) is 14.3 Å². The van der Waals surface area contributed by atoms with Crippen LogP contribution < -0.4 is 0 Å². The van der Waals surface area contributed by atoms with E-state index in [1.807, 2.05) is 0 Å². The fourth-order valence-corrected chi connectivity index (χ4v) is 2.66. The van der Waals surface area contributed by atoms with Crippen molar-refractivity contribution in [2.45, 2.75) is 31.9 Å². The maximum absolute atomic E-state index is 10.7. The zero-order chi connectivity index (χ0) is 12.3. The van der Waals surface area contributed by atoms with E-state index in [0.29, 0.717) is 18.6 Å². The molecule has 3 atom stereocenters. The van der Waals surface area contributed by atoms with Crippen molar-refractivity contribution in [3.8, 4) is 0 Å². The van der Waals surface area contributed by atoms with Crippen LogP contribution in [-0.4, -0.2) is 61.0 Å². The number of morpholine rings is 1. The quantitative estimate of drug-likeness (QED) is 0.783. The Morgan fingerprint density at radius 1 is 1.53 bits per heavy atom. The molecule has 2 aliphatic rings. The van der Waals surface area contributed by atoms with Crippen LogP contribution in [0.25, 0.3) is 0 Å². The molecule has 0 bridgehead atoms. The summed E-state index contributed by atoms with van der Waals surface area (Å²) in [4.78, 5) is 13.0. The zero-order valence-corrected chi connectivity index (χ0v) is 10.3. The number of rotatable bonds is 4. The molecule has 5 heteroatoms. The van der Waals surface area contributed by atoms with Crippen molar-refractivity contribution < 1.29 is 19.4 Å². The van der Waals surface area contributed by atoms with E-state index >= 15 is 0 Å². The molecule has 0 amide bonds. The van der Waals surface area contributed by atoms with Crippen LogP contribution in [0.3, 0.4) is 0 Å². The molecule has 0 aromatic heterocycles. The summed E-state index contributed by atoms with van der Waals surface area (Å²) in [6, 6.07) is 0.456. The van der Waals surface area contributed by atoms with Crippen LogP contribution in [0.15, 0.2) is 0 Å². The smallest absolute Gasteiger partial charge is 0.306 e. The molecule has 98 valence electrons. The number of nitrogens with zero attached hydrogens (tertiary/aromatic N) is 1. The summed E-state index contributed by atoms with van der Waals surface area (Å²) >= 11 is 0. The SMILES string of the molecule is CC(C1CCOC1)N1CCOC(CC(=O)O)C1. The van der Waals surface area contributed by atoms with Crippen molar-refractivity contribution in [3.05, 3.63) is 0 Å². The van der Waals surface area contributed by atoms with Crippen LogP contribution in [0.4, 0.5) is 0 Å². The highest BCUT2D eigenvalue weighted by Gasteiger charge is 2.31. The molecule has 17 heavy (non-hydrogen) atoms. The van der Waals surface area contributed by atoms with Crippen molar-refractivity contribution in [1.82, 2.24) is 4.90 Å². The minimum atomic E-state index is -0.784. The Bertz CT molecular complexity index is 265. The number of carboxylic acid groups (broad SMARTS) is 1. The molecule has 0 spiro atoms. The number of carboxylic acids is 1. The Hall–Kier alpha value is -0.650. The van der Waals surface area contributed by atoms with Crippen LogP contribution in [0.2, 0.25) is 0 Å². The molecule has 1 N–H and O–H groups in total. The molecule has 2 aliphatic heterocycles. The summed E-state index contributed by atoms with van der Waals surface area (Å²) in [6.07, 6.45) is 1.05. The second-order valence-electron chi connectivity index (χ2n) is 4.95. The van der Waals surface area contributed by atoms with Gasteiger partial charge in [-0.3, -0.25) is 9.69 Å². The van der Waals surface area contributed by atoms with Gasteiger partial charge in [0.25, 0.3) is 0 Å². The molecular formula is C12H21NO4. The number of ether oxygens (including phenoxy) is 2. The lowest BCUT2D eigenvalue weighted by Crippen LogP contribution is -2.49. The lowest BCUT2D eigenvalue weighted by atomic mass is 9.98. The fraction of sp³-hybridized carbons (Fsp3) is 0.917. The Morgan fingerprint density at radius 2 is 2.35 bits per heavy atom. The first-order chi connectivity index (χ1) is 8.16. The highest BCUT2D eigenvalue weighted by atomic mass is 16.5. The first-order valence-corrected chi connectivity index (χ1v) is 6.32. The van der Waals surface area contributed by atoms with E-state index in [2.05, 4.69) is 11.8 Å². The Balaban J connectivity index is 1.85. The third-order valence-electron chi connectivity index (χ3n) is 3.80. The van der Waals surface area contributed by atoms with Crippen molar-refractivity contribution in [2.75, 3.05) is 32.9 Å². The van der Waals surface area contributed by atoms with Gasteiger partial charge in [-0.05, 0) is 19.3 Å². The van der Waals surface area contributed by atoms with E-state index in [4.69, 9.17) is 14.6 Å². The molecule has 0 radical (unpaired) electrons. The third-order valence-corrected chi connectivity index (χ3v) is 3.80. The summed E-state index contributed by atoms with van der Waals surface area (Å²) in [5.41, 5.74) is 0. The minimum Gasteiger partial charge on any atom is -0.481 e. The summed E-state index contributed by atoms with van der Waals surface area (Å²) in [5, 5.41) is 8.78. The molecule has 2 saturated heterocycles. The number of aliphatic carboxylic acids is 1. The van der Waals surface area contributed by atoms with E-state index < -0.39 is 5.97 Å².